The second-order valence-corrected chi connectivity index (χ2v) is 3.91. The predicted octanol–water partition coefficient (Wildman–Crippen LogP) is 1.62. The Morgan fingerprint density at radius 1 is 1.40 bits per heavy atom. The summed E-state index contributed by atoms with van der Waals surface area (Å²) in [7, 11) is 1.69. The molecule has 82 valence electrons. The number of methoxy groups -OCH3 is 1. The van der Waals surface area contributed by atoms with Crippen molar-refractivity contribution in [3.8, 4) is 5.75 Å². The van der Waals surface area contributed by atoms with Gasteiger partial charge in [0.25, 0.3) is 0 Å². The van der Waals surface area contributed by atoms with Crippen molar-refractivity contribution in [3.05, 3.63) is 24.3 Å². The zero-order chi connectivity index (χ0) is 10.7. The van der Waals surface area contributed by atoms with E-state index in [1.165, 1.54) is 12.1 Å². The van der Waals surface area contributed by atoms with Gasteiger partial charge in [0, 0.05) is 18.3 Å². The highest BCUT2D eigenvalue weighted by Gasteiger charge is 2.26. The Hall–Kier alpha value is -1.22. The molecule has 0 spiro atoms. The normalized spacial score (nSPS) is 19.9. The fourth-order valence-electron chi connectivity index (χ4n) is 2.05. The molecule has 1 aliphatic rings. The topological polar surface area (TPSA) is 38.5 Å². The van der Waals surface area contributed by atoms with Crippen molar-refractivity contribution in [1.29, 1.82) is 0 Å². The molecular formula is C12H18N2O. The zero-order valence-electron chi connectivity index (χ0n) is 9.15. The molecule has 3 heteroatoms. The standard InChI is InChI=1S/C12H18N2O/c1-15-12-4-2-10(3-5-12)14-9-7-11(14)6-8-13/h2-5,11H,6-9,13H2,1H3. The average molecular weight is 206 g/mol. The first-order valence-corrected chi connectivity index (χ1v) is 5.46. The molecule has 1 aliphatic heterocycles. The smallest absolute Gasteiger partial charge is 0.119 e. The number of nitrogens with zero attached hydrogens (tertiary/aromatic N) is 1. The Morgan fingerprint density at radius 2 is 2.13 bits per heavy atom. The van der Waals surface area contributed by atoms with Gasteiger partial charge in [-0.1, -0.05) is 0 Å². The van der Waals surface area contributed by atoms with Crippen LogP contribution in [0.2, 0.25) is 0 Å². The fourth-order valence-corrected chi connectivity index (χ4v) is 2.05. The maximum atomic E-state index is 5.58. The summed E-state index contributed by atoms with van der Waals surface area (Å²) in [5.41, 5.74) is 6.86. The van der Waals surface area contributed by atoms with E-state index in [1.807, 2.05) is 12.1 Å². The lowest BCUT2D eigenvalue weighted by Gasteiger charge is -2.43. The third-order valence-corrected chi connectivity index (χ3v) is 3.05. The van der Waals surface area contributed by atoms with Crippen LogP contribution in [0.25, 0.3) is 0 Å². The van der Waals surface area contributed by atoms with Gasteiger partial charge in [0.05, 0.1) is 7.11 Å². The summed E-state index contributed by atoms with van der Waals surface area (Å²) in [5.74, 6) is 0.912. The largest absolute Gasteiger partial charge is 0.497 e. The molecule has 0 bridgehead atoms. The SMILES string of the molecule is COc1ccc(N2CCC2CCN)cc1. The predicted molar refractivity (Wildman–Crippen MR) is 62.4 cm³/mol. The van der Waals surface area contributed by atoms with Gasteiger partial charge < -0.3 is 15.4 Å². The number of hydrogen-bond acceptors (Lipinski definition) is 3. The lowest BCUT2D eigenvalue weighted by atomic mass is 9.98. The summed E-state index contributed by atoms with van der Waals surface area (Å²) in [6, 6.07) is 8.88. The monoisotopic (exact) mass is 206 g/mol. The summed E-state index contributed by atoms with van der Waals surface area (Å²) in [6.45, 7) is 1.92. The summed E-state index contributed by atoms with van der Waals surface area (Å²) in [5, 5.41) is 0. The molecule has 0 radical (unpaired) electrons. The van der Waals surface area contributed by atoms with Crippen molar-refractivity contribution in [2.45, 2.75) is 18.9 Å². The van der Waals surface area contributed by atoms with Gasteiger partial charge in [-0.3, -0.25) is 0 Å². The van der Waals surface area contributed by atoms with E-state index in [9.17, 15) is 0 Å². The molecule has 1 heterocycles. The fraction of sp³-hybridized carbons (Fsp3) is 0.500. The Morgan fingerprint density at radius 3 is 2.60 bits per heavy atom. The van der Waals surface area contributed by atoms with Crippen molar-refractivity contribution in [2.75, 3.05) is 25.1 Å². The molecule has 0 aromatic heterocycles. The minimum absolute atomic E-state index is 0.642. The number of hydrogen-bond donors (Lipinski definition) is 1. The van der Waals surface area contributed by atoms with E-state index >= 15 is 0 Å². The molecule has 1 aromatic carbocycles. The number of rotatable bonds is 4. The summed E-state index contributed by atoms with van der Waals surface area (Å²) >= 11 is 0. The third-order valence-electron chi connectivity index (χ3n) is 3.05. The highest BCUT2D eigenvalue weighted by atomic mass is 16.5. The van der Waals surface area contributed by atoms with E-state index in [-0.39, 0.29) is 0 Å². The Kier molecular flexibility index (Phi) is 3.11. The van der Waals surface area contributed by atoms with Gasteiger partial charge in [-0.05, 0) is 43.7 Å². The lowest BCUT2D eigenvalue weighted by molar-refractivity contribution is 0.413. The van der Waals surface area contributed by atoms with Gasteiger partial charge >= 0.3 is 0 Å². The second-order valence-electron chi connectivity index (χ2n) is 3.91. The molecule has 1 unspecified atom stereocenters. The van der Waals surface area contributed by atoms with Crippen molar-refractivity contribution in [2.24, 2.45) is 5.73 Å². The van der Waals surface area contributed by atoms with E-state index in [1.54, 1.807) is 7.11 Å². The minimum Gasteiger partial charge on any atom is -0.497 e. The van der Waals surface area contributed by atoms with Crippen molar-refractivity contribution in [3.63, 3.8) is 0 Å². The number of ether oxygens (including phenoxy) is 1. The quantitative estimate of drug-likeness (QED) is 0.813. The van der Waals surface area contributed by atoms with Gasteiger partial charge in [0.2, 0.25) is 0 Å². The average Bonchev–Trinajstić information content (AvgIpc) is 2.25. The van der Waals surface area contributed by atoms with Crippen LogP contribution in [0.1, 0.15) is 12.8 Å². The van der Waals surface area contributed by atoms with E-state index in [0.29, 0.717) is 6.04 Å². The van der Waals surface area contributed by atoms with Crippen molar-refractivity contribution < 1.29 is 4.74 Å². The Balaban J connectivity index is 2.03. The molecule has 0 aliphatic carbocycles. The van der Waals surface area contributed by atoms with Crippen LogP contribution in [-0.4, -0.2) is 26.2 Å². The maximum Gasteiger partial charge on any atom is 0.119 e. The molecule has 2 N–H and O–H groups in total. The minimum atomic E-state index is 0.642. The molecule has 2 rings (SSSR count). The Bertz CT molecular complexity index is 310. The van der Waals surface area contributed by atoms with E-state index in [0.717, 1.165) is 25.3 Å². The van der Waals surface area contributed by atoms with Crippen molar-refractivity contribution in [1.82, 2.24) is 0 Å². The number of benzene rings is 1. The van der Waals surface area contributed by atoms with Gasteiger partial charge in [0.1, 0.15) is 5.75 Å². The van der Waals surface area contributed by atoms with Crippen LogP contribution in [0, 0.1) is 0 Å². The maximum absolute atomic E-state index is 5.58. The first kappa shape index (κ1) is 10.3. The lowest BCUT2D eigenvalue weighted by Crippen LogP contribution is -2.48. The Labute approximate surface area is 90.8 Å². The molecule has 0 amide bonds. The van der Waals surface area contributed by atoms with Crippen LogP contribution in [0.4, 0.5) is 5.69 Å². The van der Waals surface area contributed by atoms with Crippen LogP contribution in [-0.2, 0) is 0 Å². The molecule has 3 nitrogen and oxygen atoms in total. The first-order valence-electron chi connectivity index (χ1n) is 5.46. The highest BCUT2D eigenvalue weighted by molar-refractivity contribution is 5.51. The van der Waals surface area contributed by atoms with Gasteiger partial charge in [-0.15, -0.1) is 0 Å². The van der Waals surface area contributed by atoms with E-state index < -0.39 is 0 Å². The molecule has 1 saturated heterocycles. The van der Waals surface area contributed by atoms with Crippen molar-refractivity contribution >= 4 is 5.69 Å². The van der Waals surface area contributed by atoms with Gasteiger partial charge in [0.15, 0.2) is 0 Å². The third kappa shape index (κ3) is 2.07. The van der Waals surface area contributed by atoms with Gasteiger partial charge in [-0.25, -0.2) is 0 Å². The summed E-state index contributed by atoms with van der Waals surface area (Å²) in [6.07, 6.45) is 2.36. The number of nitrogens with two attached hydrogens (primary N) is 1. The van der Waals surface area contributed by atoms with E-state index in [4.69, 9.17) is 10.5 Å². The molecule has 1 atom stereocenters. The highest BCUT2D eigenvalue weighted by Crippen LogP contribution is 2.29. The molecule has 15 heavy (non-hydrogen) atoms. The van der Waals surface area contributed by atoms with Crippen LogP contribution >= 0.6 is 0 Å². The van der Waals surface area contributed by atoms with Crippen LogP contribution in [0.15, 0.2) is 24.3 Å². The first-order chi connectivity index (χ1) is 7.35. The van der Waals surface area contributed by atoms with Crippen LogP contribution < -0.4 is 15.4 Å². The second kappa shape index (κ2) is 4.53. The van der Waals surface area contributed by atoms with E-state index in [2.05, 4.69) is 17.0 Å². The van der Waals surface area contributed by atoms with Crippen LogP contribution in [0.3, 0.4) is 0 Å². The molecule has 1 fully saturated rings. The summed E-state index contributed by atoms with van der Waals surface area (Å²) in [4.78, 5) is 2.41. The van der Waals surface area contributed by atoms with Gasteiger partial charge in [-0.2, -0.15) is 0 Å². The summed E-state index contributed by atoms with van der Waals surface area (Å²) < 4.78 is 5.14. The molecular weight excluding hydrogens is 188 g/mol. The zero-order valence-corrected chi connectivity index (χ0v) is 9.15. The van der Waals surface area contributed by atoms with Crippen LogP contribution in [0.5, 0.6) is 5.75 Å². The number of anilines is 1. The molecule has 1 aromatic rings. The molecule has 0 saturated carbocycles.